The Bertz CT molecular complexity index is 33.2. The van der Waals surface area contributed by atoms with Gasteiger partial charge >= 0.3 is 29.6 Å². The Kier molecular flexibility index (Phi) is 36.0. The monoisotopic (exact) mass is 114 g/mol. The van der Waals surface area contributed by atoms with E-state index in [2.05, 4.69) is 0 Å². The fourth-order valence-corrected chi connectivity index (χ4v) is 0. The second-order valence-corrected chi connectivity index (χ2v) is 0.519. The van der Waals surface area contributed by atoms with Gasteiger partial charge in [0.2, 0.25) is 0 Å². The van der Waals surface area contributed by atoms with Gasteiger partial charge in [-0.15, -0.1) is 0 Å². The smallest absolute Gasteiger partial charge is 0.857 e. The maximum atomic E-state index is 9.00. The molecule has 0 unspecified atom stereocenters. The summed E-state index contributed by atoms with van der Waals surface area (Å²) in [5.74, 6) is -0.833. The molecule has 0 aromatic carbocycles. The Morgan fingerprint density at radius 1 is 1.57 bits per heavy atom. The van der Waals surface area contributed by atoms with Gasteiger partial charge in [-0.1, -0.05) is 0 Å². The van der Waals surface area contributed by atoms with Crippen molar-refractivity contribution < 1.29 is 44.6 Å². The van der Waals surface area contributed by atoms with Crippen LogP contribution >= 0.6 is 0 Å². The molecule has 0 amide bonds. The first kappa shape index (κ1) is 15.7. The summed E-state index contributed by atoms with van der Waals surface area (Å²) in [6, 6.07) is 0. The quantitative estimate of drug-likeness (QED) is 0.327. The minimum Gasteiger partial charge on any atom is -0.857 e. The van der Waals surface area contributed by atoms with E-state index < -0.39 is 5.97 Å². The molecule has 0 aromatic rings. The molecule has 0 rings (SSSR count). The van der Waals surface area contributed by atoms with Crippen molar-refractivity contribution in [2.45, 2.75) is 6.92 Å². The zero-order valence-electron chi connectivity index (χ0n) is 4.76. The van der Waals surface area contributed by atoms with Crippen LogP contribution in [0, 0.1) is 0 Å². The molecule has 0 radical (unpaired) electrons. The molecule has 0 saturated carbocycles. The number of rotatable bonds is 0. The summed E-state index contributed by atoms with van der Waals surface area (Å²) in [7, 11) is 0.750. The standard InChI is InChI=1S/C2H4O2.CH3O.Na/c1-2(3)4;1-2;/h1H3,(H,3,4);1H3;/q;-1;+1. The number of carboxylic acids is 1. The van der Waals surface area contributed by atoms with Crippen molar-refractivity contribution in [2.75, 3.05) is 7.11 Å². The predicted molar refractivity (Wildman–Crippen MR) is 19.2 cm³/mol. The SMILES string of the molecule is CC(=O)O.C[O-].[Na+]. The number of carbonyl (C=O) groups is 1. The summed E-state index contributed by atoms with van der Waals surface area (Å²) in [5, 5.41) is 15.7. The topological polar surface area (TPSA) is 60.4 Å². The van der Waals surface area contributed by atoms with E-state index in [1.165, 1.54) is 0 Å². The summed E-state index contributed by atoms with van der Waals surface area (Å²) in [4.78, 5) is 9.00. The average Bonchev–Trinajstić information content (AvgIpc) is 1.41. The number of hydrogen-bond acceptors (Lipinski definition) is 2. The minimum atomic E-state index is -0.833. The van der Waals surface area contributed by atoms with Crippen molar-refractivity contribution in [3.05, 3.63) is 0 Å². The Morgan fingerprint density at radius 2 is 1.57 bits per heavy atom. The molecule has 7 heavy (non-hydrogen) atoms. The van der Waals surface area contributed by atoms with Gasteiger partial charge in [-0.25, -0.2) is 0 Å². The Morgan fingerprint density at radius 3 is 1.57 bits per heavy atom. The Labute approximate surface area is 64.6 Å². The van der Waals surface area contributed by atoms with Gasteiger partial charge in [-0.3, -0.25) is 4.79 Å². The van der Waals surface area contributed by atoms with E-state index in [0.29, 0.717) is 0 Å². The molecule has 1 N–H and O–H groups in total. The van der Waals surface area contributed by atoms with Crippen LogP contribution in [0.25, 0.3) is 0 Å². The molecular formula is C3H7NaO3. The molecule has 4 heteroatoms. The van der Waals surface area contributed by atoms with Crippen molar-refractivity contribution in [1.29, 1.82) is 0 Å². The van der Waals surface area contributed by atoms with E-state index in [-0.39, 0.29) is 29.6 Å². The maximum Gasteiger partial charge on any atom is 1.00 e. The third-order valence-electron chi connectivity index (χ3n) is 0. The van der Waals surface area contributed by atoms with Crippen LogP contribution in [-0.4, -0.2) is 18.2 Å². The van der Waals surface area contributed by atoms with Crippen LogP contribution in [0.1, 0.15) is 6.92 Å². The second-order valence-electron chi connectivity index (χ2n) is 0.519. The normalized spacial score (nSPS) is 4.43. The van der Waals surface area contributed by atoms with Gasteiger partial charge in [0.05, 0.1) is 0 Å². The van der Waals surface area contributed by atoms with E-state index in [0.717, 1.165) is 14.0 Å². The molecule has 0 saturated heterocycles. The van der Waals surface area contributed by atoms with Crippen LogP contribution in [0.3, 0.4) is 0 Å². The Hall–Kier alpha value is 0.430. The fraction of sp³-hybridized carbons (Fsp3) is 0.667. The van der Waals surface area contributed by atoms with Gasteiger partial charge in [0.25, 0.3) is 5.97 Å². The second kappa shape index (κ2) is 16.1. The van der Waals surface area contributed by atoms with Crippen molar-refractivity contribution >= 4 is 5.97 Å². The van der Waals surface area contributed by atoms with Crippen molar-refractivity contribution in [3.63, 3.8) is 0 Å². The fourth-order valence-electron chi connectivity index (χ4n) is 0. The first-order chi connectivity index (χ1) is 2.73. The van der Waals surface area contributed by atoms with Gasteiger partial charge in [0.15, 0.2) is 0 Å². The van der Waals surface area contributed by atoms with Crippen LogP contribution in [-0.2, 0) is 4.79 Å². The van der Waals surface area contributed by atoms with Gasteiger partial charge in [-0.2, -0.15) is 7.11 Å². The number of hydrogen-bond donors (Lipinski definition) is 1. The molecule has 0 fully saturated rings. The third kappa shape index (κ3) is 682. The number of carboxylic acid groups (broad SMARTS) is 1. The van der Waals surface area contributed by atoms with Crippen molar-refractivity contribution in [1.82, 2.24) is 0 Å². The minimum absolute atomic E-state index is 0. The molecule has 0 heterocycles. The molecule has 0 aliphatic rings. The Balaban J connectivity index is -0.0000000480. The zero-order chi connectivity index (χ0) is 5.58. The van der Waals surface area contributed by atoms with E-state index in [1.54, 1.807) is 0 Å². The third-order valence-corrected chi connectivity index (χ3v) is 0. The molecule has 0 aromatic heterocycles. The van der Waals surface area contributed by atoms with E-state index in [4.69, 9.17) is 15.0 Å². The molecule has 0 spiro atoms. The molecule has 0 bridgehead atoms. The summed E-state index contributed by atoms with van der Waals surface area (Å²) >= 11 is 0. The first-order valence-corrected chi connectivity index (χ1v) is 1.34. The first-order valence-electron chi connectivity index (χ1n) is 1.34. The van der Waals surface area contributed by atoms with Crippen LogP contribution in [0.5, 0.6) is 0 Å². The molecule has 0 atom stereocenters. The molecule has 0 aliphatic carbocycles. The van der Waals surface area contributed by atoms with Gasteiger partial charge in [0, 0.05) is 6.92 Å². The van der Waals surface area contributed by atoms with Gasteiger partial charge < -0.3 is 10.2 Å². The largest absolute Gasteiger partial charge is 1.00 e. The maximum absolute atomic E-state index is 9.00. The van der Waals surface area contributed by atoms with Crippen molar-refractivity contribution in [2.24, 2.45) is 0 Å². The van der Waals surface area contributed by atoms with Crippen LogP contribution in [0.2, 0.25) is 0 Å². The summed E-state index contributed by atoms with van der Waals surface area (Å²) < 4.78 is 0. The van der Waals surface area contributed by atoms with Crippen LogP contribution in [0.4, 0.5) is 0 Å². The summed E-state index contributed by atoms with van der Waals surface area (Å²) in [5.41, 5.74) is 0. The van der Waals surface area contributed by atoms with E-state index in [1.807, 2.05) is 0 Å². The zero-order valence-corrected chi connectivity index (χ0v) is 6.76. The number of aliphatic carboxylic acids is 1. The van der Waals surface area contributed by atoms with Crippen LogP contribution < -0.4 is 34.7 Å². The van der Waals surface area contributed by atoms with E-state index in [9.17, 15) is 0 Å². The summed E-state index contributed by atoms with van der Waals surface area (Å²) in [6.07, 6.45) is 0. The predicted octanol–water partition coefficient (Wildman–Crippen LogP) is -3.93. The van der Waals surface area contributed by atoms with Crippen LogP contribution in [0.15, 0.2) is 0 Å². The van der Waals surface area contributed by atoms with E-state index >= 15 is 0 Å². The summed E-state index contributed by atoms with van der Waals surface area (Å²) in [6.45, 7) is 1.08. The average molecular weight is 114 g/mol. The van der Waals surface area contributed by atoms with Gasteiger partial charge in [-0.05, 0) is 0 Å². The molecule has 3 nitrogen and oxygen atoms in total. The molecular weight excluding hydrogens is 107 g/mol. The van der Waals surface area contributed by atoms with Gasteiger partial charge in [0.1, 0.15) is 0 Å². The van der Waals surface area contributed by atoms with Crippen molar-refractivity contribution in [3.8, 4) is 0 Å². The molecule has 38 valence electrons. The molecule has 0 aliphatic heterocycles.